The minimum Gasteiger partial charge on any atom is -0.381 e. The first-order valence-electron chi connectivity index (χ1n) is 5.89. The fourth-order valence-electron chi connectivity index (χ4n) is 2.13. The number of aromatic amines is 1. The number of fused-ring (bicyclic) bond motifs is 1. The number of nitrogens with zero attached hydrogens (tertiary/aromatic N) is 3. The highest BCUT2D eigenvalue weighted by Gasteiger charge is 2.28. The van der Waals surface area contributed by atoms with Crippen molar-refractivity contribution in [3.05, 3.63) is 11.6 Å². The molecule has 7 heteroatoms. The predicted octanol–water partition coefficient (Wildman–Crippen LogP) is 1.99. The van der Waals surface area contributed by atoms with Crippen LogP contribution in [0.5, 0.6) is 0 Å². The minimum atomic E-state index is -0.0338. The van der Waals surface area contributed by atoms with Crippen molar-refractivity contribution in [3.8, 4) is 0 Å². The molecule has 0 aliphatic carbocycles. The summed E-state index contributed by atoms with van der Waals surface area (Å²) < 4.78 is 5.38. The van der Waals surface area contributed by atoms with Gasteiger partial charge in [0, 0.05) is 18.8 Å². The molecule has 1 saturated heterocycles. The molecule has 0 amide bonds. The first kappa shape index (κ1) is 11.7. The van der Waals surface area contributed by atoms with Crippen molar-refractivity contribution >= 4 is 28.6 Å². The second-order valence-electron chi connectivity index (χ2n) is 4.74. The van der Waals surface area contributed by atoms with Gasteiger partial charge in [-0.25, -0.2) is 4.98 Å². The number of hydrogen-bond acceptors (Lipinski definition) is 5. The zero-order valence-electron chi connectivity index (χ0n) is 10.0. The van der Waals surface area contributed by atoms with Gasteiger partial charge in [-0.2, -0.15) is 9.97 Å². The van der Waals surface area contributed by atoms with E-state index in [-0.39, 0.29) is 10.8 Å². The largest absolute Gasteiger partial charge is 0.381 e. The summed E-state index contributed by atoms with van der Waals surface area (Å²) in [4.78, 5) is 15.4. The van der Waals surface area contributed by atoms with Crippen LogP contribution in [0.2, 0.25) is 5.28 Å². The van der Waals surface area contributed by atoms with Gasteiger partial charge in [-0.1, -0.05) is 0 Å². The second-order valence-corrected chi connectivity index (χ2v) is 5.08. The Kier molecular flexibility index (Phi) is 2.83. The molecule has 2 aromatic heterocycles. The molecule has 2 N–H and O–H groups in total. The summed E-state index contributed by atoms with van der Waals surface area (Å²) in [5.41, 5.74) is 1.33. The van der Waals surface area contributed by atoms with Gasteiger partial charge in [-0.3, -0.25) is 0 Å². The molecule has 0 bridgehead atoms. The topological polar surface area (TPSA) is 75.7 Å². The number of hydrogen-bond donors (Lipinski definition) is 2. The Morgan fingerprint density at radius 2 is 2.17 bits per heavy atom. The molecule has 3 rings (SSSR count). The third kappa shape index (κ3) is 2.13. The highest BCUT2D eigenvalue weighted by atomic mass is 35.5. The average Bonchev–Trinajstić information content (AvgIpc) is 2.77. The molecule has 2 aromatic rings. The number of ether oxygens (including phenoxy) is 1. The van der Waals surface area contributed by atoms with Gasteiger partial charge in [-0.05, 0) is 31.4 Å². The van der Waals surface area contributed by atoms with Gasteiger partial charge in [-0.15, -0.1) is 0 Å². The van der Waals surface area contributed by atoms with Crippen LogP contribution < -0.4 is 5.32 Å². The molecule has 0 aromatic carbocycles. The molecule has 0 saturated carbocycles. The Balaban J connectivity index is 1.96. The highest BCUT2D eigenvalue weighted by molar-refractivity contribution is 6.28. The van der Waals surface area contributed by atoms with Crippen LogP contribution in [0.3, 0.4) is 0 Å². The van der Waals surface area contributed by atoms with Crippen LogP contribution in [0.4, 0.5) is 5.82 Å². The Labute approximate surface area is 109 Å². The number of rotatable bonds is 2. The van der Waals surface area contributed by atoms with Gasteiger partial charge in [0.25, 0.3) is 0 Å². The number of halogens is 1. The third-order valence-corrected chi connectivity index (χ3v) is 3.44. The quantitative estimate of drug-likeness (QED) is 0.814. The van der Waals surface area contributed by atoms with E-state index in [0.29, 0.717) is 11.5 Å². The summed E-state index contributed by atoms with van der Waals surface area (Å²) >= 11 is 5.90. The molecular weight excluding hydrogens is 254 g/mol. The molecule has 96 valence electrons. The van der Waals surface area contributed by atoms with Crippen molar-refractivity contribution in [2.75, 3.05) is 18.5 Å². The molecule has 0 spiro atoms. The standard InChI is InChI=1S/C11H14ClN5O/c1-11(2-4-18-5-3-11)17-9-7-8(14-6-13-7)15-10(12)16-9/h6H,2-5H2,1H3,(H2,13,14,15,16,17). The maximum Gasteiger partial charge on any atom is 0.226 e. The van der Waals surface area contributed by atoms with Crippen molar-refractivity contribution in [2.24, 2.45) is 0 Å². The van der Waals surface area contributed by atoms with Crippen LogP contribution in [0.25, 0.3) is 11.2 Å². The van der Waals surface area contributed by atoms with Crippen molar-refractivity contribution < 1.29 is 4.74 Å². The summed E-state index contributed by atoms with van der Waals surface area (Å²) in [6.45, 7) is 3.68. The molecule has 1 aliphatic rings. The SMILES string of the molecule is CC1(Nc2nc(Cl)nc3nc[nH]c23)CCOCC1. The number of H-pyrrole nitrogens is 1. The summed E-state index contributed by atoms with van der Waals surface area (Å²) in [6, 6.07) is 0. The molecule has 18 heavy (non-hydrogen) atoms. The maximum absolute atomic E-state index is 5.90. The molecule has 1 aliphatic heterocycles. The lowest BCUT2D eigenvalue weighted by atomic mass is 9.92. The van der Waals surface area contributed by atoms with Gasteiger partial charge in [0.15, 0.2) is 11.5 Å². The van der Waals surface area contributed by atoms with E-state index in [2.05, 4.69) is 32.2 Å². The first-order chi connectivity index (χ1) is 8.66. The smallest absolute Gasteiger partial charge is 0.226 e. The number of anilines is 1. The summed E-state index contributed by atoms with van der Waals surface area (Å²) in [6.07, 6.45) is 3.46. The Bertz CT molecular complexity index is 564. The number of aromatic nitrogens is 4. The van der Waals surface area contributed by atoms with Crippen LogP contribution >= 0.6 is 11.6 Å². The van der Waals surface area contributed by atoms with Crippen molar-refractivity contribution in [3.63, 3.8) is 0 Å². The second kappa shape index (κ2) is 4.37. The van der Waals surface area contributed by atoms with Crippen molar-refractivity contribution in [2.45, 2.75) is 25.3 Å². The molecule has 3 heterocycles. The first-order valence-corrected chi connectivity index (χ1v) is 6.27. The summed E-state index contributed by atoms with van der Waals surface area (Å²) in [5.74, 6) is 0.701. The zero-order chi connectivity index (χ0) is 12.6. The van der Waals surface area contributed by atoms with Gasteiger partial charge in [0.2, 0.25) is 5.28 Å². The van der Waals surface area contributed by atoms with E-state index in [1.54, 1.807) is 6.33 Å². The van der Waals surface area contributed by atoms with E-state index in [1.165, 1.54) is 0 Å². The fourth-order valence-corrected chi connectivity index (χ4v) is 2.29. The Hall–Kier alpha value is -1.40. The Morgan fingerprint density at radius 1 is 1.39 bits per heavy atom. The molecule has 0 unspecified atom stereocenters. The van der Waals surface area contributed by atoms with Crippen LogP contribution in [-0.4, -0.2) is 38.7 Å². The van der Waals surface area contributed by atoms with E-state index >= 15 is 0 Å². The lowest BCUT2D eigenvalue weighted by Gasteiger charge is -2.34. The molecule has 0 atom stereocenters. The number of imidazole rings is 1. The van der Waals surface area contributed by atoms with Crippen molar-refractivity contribution in [1.82, 2.24) is 19.9 Å². The summed E-state index contributed by atoms with van der Waals surface area (Å²) in [5, 5.41) is 3.64. The molecule has 6 nitrogen and oxygen atoms in total. The normalized spacial score (nSPS) is 19.0. The van der Waals surface area contributed by atoms with E-state index in [9.17, 15) is 0 Å². The van der Waals surface area contributed by atoms with Gasteiger partial charge >= 0.3 is 0 Å². The lowest BCUT2D eigenvalue weighted by molar-refractivity contribution is 0.0657. The number of nitrogens with one attached hydrogen (secondary N) is 2. The van der Waals surface area contributed by atoms with E-state index in [4.69, 9.17) is 16.3 Å². The van der Waals surface area contributed by atoms with E-state index in [0.717, 1.165) is 31.6 Å². The molecular formula is C11H14ClN5O. The molecule has 0 radical (unpaired) electrons. The fraction of sp³-hybridized carbons (Fsp3) is 0.545. The van der Waals surface area contributed by atoms with Crippen LogP contribution in [0.15, 0.2) is 6.33 Å². The molecule has 1 fully saturated rings. The highest BCUT2D eigenvalue weighted by Crippen LogP contribution is 2.27. The Morgan fingerprint density at radius 3 is 2.94 bits per heavy atom. The monoisotopic (exact) mass is 267 g/mol. The van der Waals surface area contributed by atoms with Crippen LogP contribution in [0, 0.1) is 0 Å². The third-order valence-electron chi connectivity index (χ3n) is 3.27. The van der Waals surface area contributed by atoms with Crippen molar-refractivity contribution in [1.29, 1.82) is 0 Å². The van der Waals surface area contributed by atoms with E-state index < -0.39 is 0 Å². The lowest BCUT2D eigenvalue weighted by Crippen LogP contribution is -2.41. The van der Waals surface area contributed by atoms with Gasteiger partial charge in [0.1, 0.15) is 5.52 Å². The zero-order valence-corrected chi connectivity index (χ0v) is 10.8. The van der Waals surface area contributed by atoms with Crippen LogP contribution in [0.1, 0.15) is 19.8 Å². The predicted molar refractivity (Wildman–Crippen MR) is 68.8 cm³/mol. The average molecular weight is 268 g/mol. The summed E-state index contributed by atoms with van der Waals surface area (Å²) in [7, 11) is 0. The minimum absolute atomic E-state index is 0.0338. The maximum atomic E-state index is 5.90. The van der Waals surface area contributed by atoms with Gasteiger partial charge in [0.05, 0.1) is 6.33 Å². The van der Waals surface area contributed by atoms with Gasteiger partial charge < -0.3 is 15.0 Å². The van der Waals surface area contributed by atoms with E-state index in [1.807, 2.05) is 0 Å². The van der Waals surface area contributed by atoms with Crippen LogP contribution in [-0.2, 0) is 4.74 Å².